The summed E-state index contributed by atoms with van der Waals surface area (Å²) in [5, 5.41) is 18.7. The zero-order valence-corrected chi connectivity index (χ0v) is 17.4. The normalized spacial score (nSPS) is 11.2. The fraction of sp³-hybridized carbons (Fsp3) is 0.188. The molecule has 2 nitrogen and oxygen atoms in total. The molecule has 2 aromatic rings. The Morgan fingerprint density at radius 2 is 1.73 bits per heavy atom. The maximum absolute atomic E-state index is 9.76. The van der Waals surface area contributed by atoms with Crippen molar-refractivity contribution in [3.63, 3.8) is 0 Å². The Bertz CT molecular complexity index is 690. The lowest BCUT2D eigenvalue weighted by molar-refractivity contribution is 0.474. The van der Waals surface area contributed by atoms with Crippen LogP contribution in [-0.2, 0) is 6.42 Å². The van der Waals surface area contributed by atoms with Crippen molar-refractivity contribution in [1.29, 1.82) is 5.26 Å². The van der Waals surface area contributed by atoms with Crippen molar-refractivity contribution in [3.05, 3.63) is 53.6 Å². The minimum Gasteiger partial charge on any atom is -0.508 e. The van der Waals surface area contributed by atoms with Gasteiger partial charge in [-0.25, -0.2) is 0 Å². The van der Waals surface area contributed by atoms with Crippen molar-refractivity contribution < 1.29 is 5.11 Å². The van der Waals surface area contributed by atoms with E-state index in [2.05, 4.69) is 51.9 Å². The van der Waals surface area contributed by atoms with E-state index in [0.29, 0.717) is 5.56 Å². The molecule has 6 heteroatoms. The molecular weight excluding hydrogens is 490 g/mol. The lowest BCUT2D eigenvalue weighted by Gasteiger charge is -2.13. The van der Waals surface area contributed by atoms with Gasteiger partial charge in [0.2, 0.25) is 0 Å². The van der Waals surface area contributed by atoms with Crippen LogP contribution in [0.4, 0.5) is 0 Å². The van der Waals surface area contributed by atoms with Gasteiger partial charge in [0.05, 0.1) is 11.6 Å². The molecule has 0 saturated carbocycles. The summed E-state index contributed by atoms with van der Waals surface area (Å²) >= 11 is 10.9. The molecule has 0 aromatic heterocycles. The second-order valence-electron chi connectivity index (χ2n) is 5.00. The van der Waals surface area contributed by atoms with Crippen LogP contribution in [0.15, 0.2) is 42.5 Å². The summed E-state index contributed by atoms with van der Waals surface area (Å²) in [5.74, 6) is 0.285. The van der Waals surface area contributed by atoms with Gasteiger partial charge in [0, 0.05) is 0 Å². The van der Waals surface area contributed by atoms with Crippen LogP contribution in [0.25, 0.3) is 11.1 Å². The molecule has 2 rings (SSSR count). The first-order chi connectivity index (χ1) is 10.4. The Balaban J connectivity index is 2.25. The highest BCUT2D eigenvalue weighted by atomic mass is 80.0. The highest BCUT2D eigenvalue weighted by Crippen LogP contribution is 2.35. The van der Waals surface area contributed by atoms with Crippen molar-refractivity contribution in [3.8, 4) is 22.9 Å². The Kier molecular flexibility index (Phi) is 6.27. The number of nitrogens with zero attached hydrogens (tertiary/aromatic N) is 1. The number of benzene rings is 2. The Labute approximate surface area is 154 Å². The van der Waals surface area contributed by atoms with Crippen molar-refractivity contribution in [2.75, 3.05) is 0 Å². The lowest BCUT2D eigenvalue weighted by atomic mass is 9.96. The maximum Gasteiger partial charge on any atom is 0.267 e. The second kappa shape index (κ2) is 7.78. The first kappa shape index (κ1) is 17.7. The zero-order valence-electron chi connectivity index (χ0n) is 11.7. The standard InChI is InChI=1S/C16H14Br3NOSi/c17-22(18,19)9-1-2-14-10-15(21)7-8-16(14)13-5-3-12(11-20)4-6-13/h3-8,10,21H,1-2,9H2. The predicted octanol–water partition coefficient (Wildman–Crippen LogP) is 5.99. The van der Waals surface area contributed by atoms with Crippen molar-refractivity contribution >= 4 is 49.8 Å². The van der Waals surface area contributed by atoms with E-state index in [1.54, 1.807) is 6.07 Å². The highest BCUT2D eigenvalue weighted by Gasteiger charge is 2.21. The molecule has 114 valence electrons. The molecule has 1 N–H and O–H groups in total. The average Bonchev–Trinajstić information content (AvgIpc) is 2.46. The van der Waals surface area contributed by atoms with Crippen molar-refractivity contribution in [2.45, 2.75) is 18.9 Å². The van der Waals surface area contributed by atoms with Crippen molar-refractivity contribution in [2.24, 2.45) is 0 Å². The summed E-state index contributed by atoms with van der Waals surface area (Å²) in [5.41, 5.74) is 3.94. The Morgan fingerprint density at radius 1 is 1.05 bits per heavy atom. The summed E-state index contributed by atoms with van der Waals surface area (Å²) < 4.78 is -1.59. The highest BCUT2D eigenvalue weighted by molar-refractivity contribution is 9.72. The third kappa shape index (κ3) is 5.23. The molecule has 22 heavy (non-hydrogen) atoms. The minimum absolute atomic E-state index is 0.285. The van der Waals surface area contributed by atoms with E-state index < -0.39 is 3.93 Å². The topological polar surface area (TPSA) is 44.0 Å². The summed E-state index contributed by atoms with van der Waals surface area (Å²) in [6, 6.07) is 16.2. The monoisotopic (exact) mass is 501 g/mol. The fourth-order valence-electron chi connectivity index (χ4n) is 2.27. The second-order valence-corrected chi connectivity index (χ2v) is 28.5. The Hall–Kier alpha value is -0.613. The van der Waals surface area contributed by atoms with E-state index in [1.807, 2.05) is 36.4 Å². The number of rotatable bonds is 5. The minimum atomic E-state index is -1.59. The summed E-state index contributed by atoms with van der Waals surface area (Å²) in [7, 11) is 0. The molecule has 0 fully saturated rings. The fourth-order valence-corrected chi connectivity index (χ4v) is 5.37. The molecule has 0 amide bonds. The number of nitriles is 1. The van der Waals surface area contributed by atoms with E-state index >= 15 is 0 Å². The number of phenolic OH excluding ortho intramolecular Hbond substituents is 1. The Morgan fingerprint density at radius 3 is 2.32 bits per heavy atom. The number of aromatic hydroxyl groups is 1. The molecule has 0 radical (unpaired) electrons. The molecule has 0 saturated heterocycles. The van der Waals surface area contributed by atoms with E-state index in [9.17, 15) is 5.11 Å². The van der Waals surface area contributed by atoms with Crippen LogP contribution < -0.4 is 0 Å². The third-order valence-corrected chi connectivity index (χ3v) is 7.81. The van der Waals surface area contributed by atoms with Crippen LogP contribution in [-0.4, -0.2) is 9.04 Å². The van der Waals surface area contributed by atoms with Crippen LogP contribution in [0.1, 0.15) is 17.5 Å². The molecular formula is C16H14Br3NOSi. The number of hydrogen-bond donors (Lipinski definition) is 1. The van der Waals surface area contributed by atoms with Crippen LogP contribution in [0, 0.1) is 11.3 Å². The molecule has 0 spiro atoms. The van der Waals surface area contributed by atoms with Crippen LogP contribution in [0.2, 0.25) is 6.04 Å². The molecule has 0 heterocycles. The van der Waals surface area contributed by atoms with Gasteiger partial charge in [-0.15, -0.1) is 0 Å². The van der Waals surface area contributed by atoms with Crippen molar-refractivity contribution in [1.82, 2.24) is 0 Å². The van der Waals surface area contributed by atoms with E-state index in [0.717, 1.165) is 35.6 Å². The summed E-state index contributed by atoms with van der Waals surface area (Å²) in [6.45, 7) is 0. The van der Waals surface area contributed by atoms with Gasteiger partial charge in [0.15, 0.2) is 0 Å². The maximum atomic E-state index is 9.76. The van der Waals surface area contributed by atoms with Crippen LogP contribution in [0.5, 0.6) is 5.75 Å². The van der Waals surface area contributed by atoms with E-state index in [-0.39, 0.29) is 5.75 Å². The van der Waals surface area contributed by atoms with Gasteiger partial charge < -0.3 is 5.11 Å². The summed E-state index contributed by atoms with van der Waals surface area (Å²) in [4.78, 5) is 0. The largest absolute Gasteiger partial charge is 0.508 e. The number of halogens is 3. The average molecular weight is 504 g/mol. The number of aryl methyl sites for hydroxylation is 1. The molecule has 0 aliphatic rings. The first-order valence-electron chi connectivity index (χ1n) is 6.78. The van der Waals surface area contributed by atoms with Gasteiger partial charge >= 0.3 is 0 Å². The number of hydrogen-bond acceptors (Lipinski definition) is 2. The van der Waals surface area contributed by atoms with Gasteiger partial charge in [-0.1, -0.05) is 64.1 Å². The van der Waals surface area contributed by atoms with Crippen LogP contribution in [0.3, 0.4) is 0 Å². The SMILES string of the molecule is N#Cc1ccc(-c2ccc(O)cc2CCC[Si](Br)(Br)Br)cc1. The molecule has 2 aromatic carbocycles. The smallest absolute Gasteiger partial charge is 0.267 e. The molecule has 0 atom stereocenters. The summed E-state index contributed by atoms with van der Waals surface area (Å²) in [6.07, 6.45) is 1.90. The molecule has 0 aliphatic carbocycles. The van der Waals surface area contributed by atoms with Gasteiger partial charge in [-0.05, 0) is 59.8 Å². The van der Waals surface area contributed by atoms with E-state index in [4.69, 9.17) is 5.26 Å². The third-order valence-electron chi connectivity index (χ3n) is 3.32. The van der Waals surface area contributed by atoms with Gasteiger partial charge in [0.1, 0.15) is 5.75 Å². The van der Waals surface area contributed by atoms with E-state index in [1.165, 1.54) is 0 Å². The predicted molar refractivity (Wildman–Crippen MR) is 104 cm³/mol. The lowest BCUT2D eigenvalue weighted by Crippen LogP contribution is -2.06. The van der Waals surface area contributed by atoms with Gasteiger partial charge in [-0.3, -0.25) is 0 Å². The van der Waals surface area contributed by atoms with Gasteiger partial charge in [0.25, 0.3) is 3.93 Å². The van der Waals surface area contributed by atoms with Gasteiger partial charge in [-0.2, -0.15) is 5.26 Å². The number of phenols is 1. The zero-order chi connectivity index (χ0) is 16.2. The first-order valence-corrected chi connectivity index (χ1v) is 15.8. The molecule has 0 bridgehead atoms. The molecule has 0 unspecified atom stereocenters. The molecule has 0 aliphatic heterocycles. The quantitative estimate of drug-likeness (QED) is 0.402. The van der Waals surface area contributed by atoms with Crippen LogP contribution >= 0.6 is 45.9 Å².